The predicted molar refractivity (Wildman–Crippen MR) is 76.3 cm³/mol. The van der Waals surface area contributed by atoms with Crippen LogP contribution in [0.25, 0.3) is 11.3 Å². The lowest BCUT2D eigenvalue weighted by molar-refractivity contribution is 0.862. The minimum absolute atomic E-state index is 0.126. The highest BCUT2D eigenvalue weighted by molar-refractivity contribution is 7.99. The summed E-state index contributed by atoms with van der Waals surface area (Å²) in [7, 11) is 1.66. The minimum Gasteiger partial charge on any atom is -0.302 e. The number of aromatic nitrogens is 2. The van der Waals surface area contributed by atoms with E-state index in [0.29, 0.717) is 10.7 Å². The van der Waals surface area contributed by atoms with Crippen molar-refractivity contribution in [3.63, 3.8) is 0 Å². The molecule has 0 radical (unpaired) electrons. The fourth-order valence-corrected chi connectivity index (χ4v) is 2.58. The van der Waals surface area contributed by atoms with E-state index in [-0.39, 0.29) is 5.56 Å². The normalized spacial score (nSPS) is 10.6. The van der Waals surface area contributed by atoms with Crippen molar-refractivity contribution in [2.45, 2.75) is 11.8 Å². The quantitative estimate of drug-likeness (QED) is 0.640. The van der Waals surface area contributed by atoms with Gasteiger partial charge in [-0.15, -0.1) is 11.8 Å². The third-order valence-electron chi connectivity index (χ3n) is 2.57. The van der Waals surface area contributed by atoms with Crippen LogP contribution in [0.1, 0.15) is 6.92 Å². The first-order valence-corrected chi connectivity index (χ1v) is 6.95. The molecule has 18 heavy (non-hydrogen) atoms. The second-order valence-corrected chi connectivity index (χ2v) is 5.41. The van der Waals surface area contributed by atoms with Crippen molar-refractivity contribution >= 4 is 23.4 Å². The van der Waals surface area contributed by atoms with Crippen molar-refractivity contribution in [1.82, 2.24) is 9.55 Å². The van der Waals surface area contributed by atoms with Gasteiger partial charge in [-0.25, -0.2) is 0 Å². The molecule has 2 heterocycles. The van der Waals surface area contributed by atoms with Gasteiger partial charge < -0.3 is 4.57 Å². The predicted octanol–water partition coefficient (Wildman–Crippen LogP) is 3.21. The van der Waals surface area contributed by atoms with Crippen LogP contribution in [0.4, 0.5) is 0 Å². The monoisotopic (exact) mass is 280 g/mol. The molecule has 0 fully saturated rings. The maximum absolute atomic E-state index is 12.2. The third-order valence-corrected chi connectivity index (χ3v) is 3.88. The van der Waals surface area contributed by atoms with Gasteiger partial charge in [0.2, 0.25) is 0 Å². The number of hydrogen-bond donors (Lipinski definition) is 0. The van der Waals surface area contributed by atoms with Crippen LogP contribution in [0.5, 0.6) is 0 Å². The van der Waals surface area contributed by atoms with Gasteiger partial charge in [-0.1, -0.05) is 18.5 Å². The number of halogens is 1. The van der Waals surface area contributed by atoms with E-state index in [1.807, 2.05) is 12.1 Å². The van der Waals surface area contributed by atoms with Crippen LogP contribution in [0.2, 0.25) is 5.15 Å². The van der Waals surface area contributed by atoms with Crippen LogP contribution in [0.15, 0.2) is 40.2 Å². The Kier molecular flexibility index (Phi) is 4.09. The Morgan fingerprint density at radius 3 is 2.89 bits per heavy atom. The zero-order valence-electron chi connectivity index (χ0n) is 10.2. The Labute approximate surface area is 115 Å². The molecule has 94 valence electrons. The molecule has 2 aromatic rings. The molecule has 0 unspecified atom stereocenters. The lowest BCUT2D eigenvalue weighted by Gasteiger charge is -2.08. The van der Waals surface area contributed by atoms with Gasteiger partial charge in [0.25, 0.3) is 5.56 Å². The molecule has 0 aliphatic heterocycles. The van der Waals surface area contributed by atoms with Gasteiger partial charge in [-0.2, -0.15) is 0 Å². The summed E-state index contributed by atoms with van der Waals surface area (Å²) in [5.41, 5.74) is 1.18. The number of hydrogen-bond acceptors (Lipinski definition) is 3. The molecule has 0 aliphatic carbocycles. The summed E-state index contributed by atoms with van der Waals surface area (Å²) in [4.78, 5) is 17.5. The molecular formula is C13H13ClN2OS. The molecule has 0 bridgehead atoms. The molecular weight excluding hydrogens is 268 g/mol. The van der Waals surface area contributed by atoms with Crippen LogP contribution >= 0.6 is 23.4 Å². The van der Waals surface area contributed by atoms with Crippen LogP contribution in [0, 0.1) is 0 Å². The fraction of sp³-hybridized carbons (Fsp3) is 0.231. The molecule has 3 nitrogen and oxygen atoms in total. The number of rotatable bonds is 3. The van der Waals surface area contributed by atoms with Gasteiger partial charge in [0.05, 0.1) is 11.3 Å². The molecule has 0 aliphatic rings. The van der Waals surface area contributed by atoms with E-state index in [0.717, 1.165) is 16.3 Å². The lowest BCUT2D eigenvalue weighted by atomic mass is 10.2. The summed E-state index contributed by atoms with van der Waals surface area (Å²) in [6.45, 7) is 2.07. The number of thioether (sulfide) groups is 1. The van der Waals surface area contributed by atoms with E-state index >= 15 is 0 Å². The first-order chi connectivity index (χ1) is 8.65. The Bertz CT molecular complexity index is 625. The maximum Gasteiger partial charge on any atom is 0.260 e. The maximum atomic E-state index is 12.2. The van der Waals surface area contributed by atoms with Crippen LogP contribution in [-0.2, 0) is 7.05 Å². The van der Waals surface area contributed by atoms with Gasteiger partial charge in [-0.3, -0.25) is 9.78 Å². The van der Waals surface area contributed by atoms with Gasteiger partial charge in [-0.05, 0) is 30.0 Å². The van der Waals surface area contributed by atoms with Crippen LogP contribution in [-0.4, -0.2) is 15.3 Å². The average molecular weight is 281 g/mol. The molecule has 0 aromatic carbocycles. The van der Waals surface area contributed by atoms with E-state index in [1.165, 1.54) is 4.57 Å². The van der Waals surface area contributed by atoms with Crippen molar-refractivity contribution in [1.29, 1.82) is 0 Å². The Balaban J connectivity index is 2.63. The molecule has 0 amide bonds. The zero-order valence-corrected chi connectivity index (χ0v) is 11.8. The first-order valence-electron chi connectivity index (χ1n) is 5.59. The van der Waals surface area contributed by atoms with E-state index < -0.39 is 0 Å². The largest absolute Gasteiger partial charge is 0.302 e. The van der Waals surface area contributed by atoms with Gasteiger partial charge in [0.1, 0.15) is 5.15 Å². The molecule has 0 spiro atoms. The summed E-state index contributed by atoms with van der Waals surface area (Å²) in [6.07, 6.45) is 1.70. The second-order valence-electron chi connectivity index (χ2n) is 3.72. The molecule has 5 heteroatoms. The van der Waals surface area contributed by atoms with Crippen molar-refractivity contribution in [2.75, 3.05) is 5.75 Å². The highest BCUT2D eigenvalue weighted by Gasteiger charge is 2.12. The molecule has 2 aromatic heterocycles. The average Bonchev–Trinajstić information content (AvgIpc) is 2.38. The van der Waals surface area contributed by atoms with Crippen molar-refractivity contribution < 1.29 is 0 Å². The van der Waals surface area contributed by atoms with Crippen molar-refractivity contribution in [3.8, 4) is 11.3 Å². The van der Waals surface area contributed by atoms with E-state index in [4.69, 9.17) is 11.6 Å². The van der Waals surface area contributed by atoms with Crippen molar-refractivity contribution in [2.24, 2.45) is 7.05 Å². The summed E-state index contributed by atoms with van der Waals surface area (Å²) < 4.78 is 1.42. The molecule has 0 atom stereocenters. The zero-order chi connectivity index (χ0) is 13.1. The topological polar surface area (TPSA) is 34.9 Å². The van der Waals surface area contributed by atoms with Gasteiger partial charge in [0, 0.05) is 18.1 Å². The first kappa shape index (κ1) is 13.2. The standard InChI is InChI=1S/C13H13ClN2OS/c1-3-18-10-5-4-8-15-12(10)9-6-7-11(14)16(2)13(9)17/h4-8H,3H2,1-2H3. The molecule has 0 N–H and O–H groups in total. The van der Waals surface area contributed by atoms with Gasteiger partial charge in [0.15, 0.2) is 0 Å². The minimum atomic E-state index is -0.126. The Morgan fingerprint density at radius 2 is 2.17 bits per heavy atom. The van der Waals surface area contributed by atoms with Gasteiger partial charge >= 0.3 is 0 Å². The SMILES string of the molecule is CCSc1cccnc1-c1ccc(Cl)n(C)c1=O. The van der Waals surface area contributed by atoms with E-state index in [2.05, 4.69) is 11.9 Å². The summed E-state index contributed by atoms with van der Waals surface area (Å²) in [6, 6.07) is 7.30. The molecule has 0 saturated heterocycles. The van der Waals surface area contributed by atoms with Crippen LogP contribution < -0.4 is 5.56 Å². The smallest absolute Gasteiger partial charge is 0.260 e. The highest BCUT2D eigenvalue weighted by Crippen LogP contribution is 2.27. The van der Waals surface area contributed by atoms with E-state index in [9.17, 15) is 4.79 Å². The Morgan fingerprint density at radius 1 is 1.39 bits per heavy atom. The van der Waals surface area contributed by atoms with E-state index in [1.54, 1.807) is 37.1 Å². The van der Waals surface area contributed by atoms with Crippen LogP contribution in [0.3, 0.4) is 0 Å². The molecule has 0 saturated carbocycles. The fourth-order valence-electron chi connectivity index (χ4n) is 1.66. The Hall–Kier alpha value is -1.26. The summed E-state index contributed by atoms with van der Waals surface area (Å²) in [5, 5.41) is 0.421. The number of nitrogens with zero attached hydrogens (tertiary/aromatic N) is 2. The molecule has 2 rings (SSSR count). The highest BCUT2D eigenvalue weighted by atomic mass is 35.5. The third kappa shape index (κ3) is 2.44. The number of pyridine rings is 2. The second kappa shape index (κ2) is 5.59. The summed E-state index contributed by atoms with van der Waals surface area (Å²) >= 11 is 7.58. The summed E-state index contributed by atoms with van der Waals surface area (Å²) in [5.74, 6) is 0.937. The lowest BCUT2D eigenvalue weighted by Crippen LogP contribution is -2.19. The van der Waals surface area contributed by atoms with Crippen molar-refractivity contribution in [3.05, 3.63) is 46.0 Å².